The van der Waals surface area contributed by atoms with Gasteiger partial charge in [-0.25, -0.2) is 27.9 Å². The molecule has 126 valence electrons. The summed E-state index contributed by atoms with van der Waals surface area (Å²) >= 11 is 0. The van der Waals surface area contributed by atoms with E-state index in [0.717, 1.165) is 11.1 Å². The van der Waals surface area contributed by atoms with E-state index in [9.17, 15) is 13.2 Å². The summed E-state index contributed by atoms with van der Waals surface area (Å²) in [6.07, 6.45) is 3.38. The number of fused-ring (bicyclic) bond motifs is 1. The highest BCUT2D eigenvalue weighted by molar-refractivity contribution is 7.89. The van der Waals surface area contributed by atoms with E-state index in [2.05, 4.69) is 20.0 Å². The van der Waals surface area contributed by atoms with E-state index in [1.807, 2.05) is 6.07 Å². The third-order valence-corrected chi connectivity index (χ3v) is 5.38. The molecule has 1 aromatic carbocycles. The van der Waals surface area contributed by atoms with Gasteiger partial charge in [-0.2, -0.15) is 0 Å². The first kappa shape index (κ1) is 16.3. The second-order valence-corrected chi connectivity index (χ2v) is 7.15. The average molecular weight is 347 g/mol. The van der Waals surface area contributed by atoms with Crippen LogP contribution in [-0.2, 0) is 23.0 Å². The van der Waals surface area contributed by atoms with Crippen LogP contribution < -0.4 is 10.0 Å². The zero-order valence-corrected chi connectivity index (χ0v) is 13.9. The number of amides is 2. The molecule has 0 atom stereocenters. The summed E-state index contributed by atoms with van der Waals surface area (Å²) in [5.41, 5.74) is 1.59. The minimum absolute atomic E-state index is 0.276. The summed E-state index contributed by atoms with van der Waals surface area (Å²) in [4.78, 5) is 22.0. The van der Waals surface area contributed by atoms with Crippen molar-refractivity contribution in [2.45, 2.75) is 17.9 Å². The molecule has 2 N–H and O–H groups in total. The van der Waals surface area contributed by atoms with Gasteiger partial charge >= 0.3 is 6.03 Å². The fourth-order valence-corrected chi connectivity index (χ4v) is 3.70. The lowest BCUT2D eigenvalue weighted by Gasteiger charge is -2.29. The molecule has 2 aromatic rings. The molecule has 0 saturated heterocycles. The minimum atomic E-state index is -3.51. The Labute approximate surface area is 140 Å². The summed E-state index contributed by atoms with van der Waals surface area (Å²) in [6, 6.07) is 6.44. The van der Waals surface area contributed by atoms with Crippen LogP contribution in [0.15, 0.2) is 41.7 Å². The number of rotatable bonds is 3. The molecule has 2 heterocycles. The molecule has 0 aliphatic carbocycles. The molecule has 0 unspecified atom stereocenters. The number of sulfonamides is 1. The third kappa shape index (κ3) is 3.22. The zero-order chi connectivity index (χ0) is 17.2. The van der Waals surface area contributed by atoms with Gasteiger partial charge in [0.1, 0.15) is 12.1 Å². The SMILES string of the molecule is CNS(=O)(=O)c1cccc2c1CCN(C(=O)Nc1ccncn1)C2. The normalized spacial score (nSPS) is 14.1. The van der Waals surface area contributed by atoms with Gasteiger partial charge in [0, 0.05) is 19.3 Å². The third-order valence-electron chi connectivity index (χ3n) is 3.89. The maximum Gasteiger partial charge on any atom is 0.323 e. The number of carbonyl (C=O) groups is 1. The Morgan fingerprint density at radius 1 is 1.29 bits per heavy atom. The van der Waals surface area contributed by atoms with Crippen molar-refractivity contribution in [2.75, 3.05) is 18.9 Å². The van der Waals surface area contributed by atoms with Crippen LogP contribution in [0, 0.1) is 0 Å². The van der Waals surface area contributed by atoms with Gasteiger partial charge in [-0.1, -0.05) is 12.1 Å². The molecule has 24 heavy (non-hydrogen) atoms. The molecule has 9 heteroatoms. The van der Waals surface area contributed by atoms with Crippen molar-refractivity contribution in [3.05, 3.63) is 47.9 Å². The number of nitrogens with one attached hydrogen (secondary N) is 2. The number of hydrogen-bond acceptors (Lipinski definition) is 5. The van der Waals surface area contributed by atoms with Crippen LogP contribution in [0.25, 0.3) is 0 Å². The van der Waals surface area contributed by atoms with Gasteiger partial charge in [-0.15, -0.1) is 0 Å². The van der Waals surface area contributed by atoms with Gasteiger partial charge in [0.15, 0.2) is 0 Å². The molecule has 2 amide bonds. The molecule has 3 rings (SSSR count). The molecule has 1 aromatic heterocycles. The first-order valence-electron chi connectivity index (χ1n) is 7.37. The summed E-state index contributed by atoms with van der Waals surface area (Å²) in [5.74, 6) is 0.423. The second kappa shape index (κ2) is 6.54. The van der Waals surface area contributed by atoms with Crippen molar-refractivity contribution in [2.24, 2.45) is 0 Å². The Hall–Kier alpha value is -2.52. The lowest BCUT2D eigenvalue weighted by Crippen LogP contribution is -2.39. The fraction of sp³-hybridized carbons (Fsp3) is 0.267. The standard InChI is InChI=1S/C15H17N5O3S/c1-16-24(22,23)13-4-2-3-11-9-20(8-6-12(11)13)15(21)19-14-5-7-17-10-18-14/h2-5,7,10,16H,6,8-9H2,1H3,(H,17,18,19,21). The first-order chi connectivity index (χ1) is 11.5. The Balaban J connectivity index is 1.80. The van der Waals surface area contributed by atoms with Crippen molar-refractivity contribution in [1.29, 1.82) is 0 Å². The summed E-state index contributed by atoms with van der Waals surface area (Å²) in [7, 11) is -2.12. The summed E-state index contributed by atoms with van der Waals surface area (Å²) < 4.78 is 26.6. The average Bonchev–Trinajstić information content (AvgIpc) is 2.61. The van der Waals surface area contributed by atoms with Crippen molar-refractivity contribution in [3.8, 4) is 0 Å². The Bertz CT molecular complexity index is 855. The van der Waals surface area contributed by atoms with Crippen LogP contribution in [0.2, 0.25) is 0 Å². The topological polar surface area (TPSA) is 104 Å². The molecular formula is C15H17N5O3S. The van der Waals surface area contributed by atoms with E-state index in [0.29, 0.717) is 25.3 Å². The van der Waals surface area contributed by atoms with Crippen LogP contribution in [0.3, 0.4) is 0 Å². The number of hydrogen-bond donors (Lipinski definition) is 2. The van der Waals surface area contributed by atoms with Crippen molar-refractivity contribution in [3.63, 3.8) is 0 Å². The highest BCUT2D eigenvalue weighted by atomic mass is 32.2. The molecule has 8 nitrogen and oxygen atoms in total. The van der Waals surface area contributed by atoms with E-state index in [-0.39, 0.29) is 10.9 Å². The van der Waals surface area contributed by atoms with Crippen LogP contribution in [0.5, 0.6) is 0 Å². The van der Waals surface area contributed by atoms with Crippen LogP contribution >= 0.6 is 0 Å². The molecule has 0 fully saturated rings. The van der Waals surface area contributed by atoms with Gasteiger partial charge in [0.05, 0.1) is 4.90 Å². The molecule has 0 bridgehead atoms. The van der Waals surface area contributed by atoms with Crippen molar-refractivity contribution in [1.82, 2.24) is 19.6 Å². The number of nitrogens with zero attached hydrogens (tertiary/aromatic N) is 3. The number of carbonyl (C=O) groups excluding carboxylic acids is 1. The molecular weight excluding hydrogens is 330 g/mol. The maximum atomic E-state index is 12.3. The van der Waals surface area contributed by atoms with Gasteiger partial charge in [-0.05, 0) is 36.7 Å². The number of urea groups is 1. The Morgan fingerprint density at radius 3 is 2.83 bits per heavy atom. The van der Waals surface area contributed by atoms with Gasteiger partial charge in [0.25, 0.3) is 0 Å². The molecule has 0 saturated carbocycles. The molecule has 1 aliphatic heterocycles. The predicted molar refractivity (Wildman–Crippen MR) is 87.9 cm³/mol. The smallest absolute Gasteiger partial charge is 0.320 e. The largest absolute Gasteiger partial charge is 0.323 e. The second-order valence-electron chi connectivity index (χ2n) is 5.30. The summed E-state index contributed by atoms with van der Waals surface area (Å²) in [6.45, 7) is 0.777. The van der Waals surface area contributed by atoms with Gasteiger partial charge in [0.2, 0.25) is 10.0 Å². The lowest BCUT2D eigenvalue weighted by molar-refractivity contribution is 0.206. The van der Waals surface area contributed by atoms with Crippen molar-refractivity contribution < 1.29 is 13.2 Å². The van der Waals surface area contributed by atoms with Crippen LogP contribution in [-0.4, -0.2) is 42.9 Å². The molecule has 0 spiro atoms. The summed E-state index contributed by atoms with van der Waals surface area (Å²) in [5, 5.41) is 2.70. The van der Waals surface area contributed by atoms with Crippen LogP contribution in [0.1, 0.15) is 11.1 Å². The van der Waals surface area contributed by atoms with E-state index >= 15 is 0 Å². The number of benzene rings is 1. The van der Waals surface area contributed by atoms with Crippen LogP contribution in [0.4, 0.5) is 10.6 Å². The quantitative estimate of drug-likeness (QED) is 0.861. The molecule has 1 aliphatic rings. The monoisotopic (exact) mass is 347 g/mol. The number of anilines is 1. The highest BCUT2D eigenvalue weighted by Crippen LogP contribution is 2.26. The fourth-order valence-electron chi connectivity index (χ4n) is 2.66. The highest BCUT2D eigenvalue weighted by Gasteiger charge is 2.26. The minimum Gasteiger partial charge on any atom is -0.320 e. The van der Waals surface area contributed by atoms with E-state index in [1.165, 1.54) is 13.4 Å². The van der Waals surface area contributed by atoms with Gasteiger partial charge < -0.3 is 4.90 Å². The lowest BCUT2D eigenvalue weighted by atomic mass is 10.00. The Morgan fingerprint density at radius 2 is 2.12 bits per heavy atom. The van der Waals surface area contributed by atoms with E-state index < -0.39 is 10.0 Å². The van der Waals surface area contributed by atoms with E-state index in [1.54, 1.807) is 29.3 Å². The predicted octanol–water partition coefficient (Wildman–Crippen LogP) is 0.975. The van der Waals surface area contributed by atoms with Gasteiger partial charge in [-0.3, -0.25) is 5.32 Å². The number of aromatic nitrogens is 2. The first-order valence-corrected chi connectivity index (χ1v) is 8.86. The maximum absolute atomic E-state index is 12.3. The molecule has 0 radical (unpaired) electrons. The van der Waals surface area contributed by atoms with Crippen molar-refractivity contribution >= 4 is 21.9 Å². The zero-order valence-electron chi connectivity index (χ0n) is 13.1. The Kier molecular flexibility index (Phi) is 4.45. The van der Waals surface area contributed by atoms with E-state index in [4.69, 9.17) is 0 Å².